The third kappa shape index (κ3) is 4.62. The molecule has 10 heteroatoms. The highest BCUT2D eigenvalue weighted by Crippen LogP contribution is 2.35. The molecule has 0 aliphatic heterocycles. The molecular formula is C17H15ClN4O3S2. The Labute approximate surface area is 165 Å². The zero-order valence-electron chi connectivity index (χ0n) is 14.4. The molecule has 0 aliphatic carbocycles. The summed E-state index contributed by atoms with van der Waals surface area (Å²) in [6.07, 6.45) is 4.25. The maximum atomic E-state index is 12.1. The molecule has 0 fully saturated rings. The normalized spacial score (nSPS) is 11.2. The first-order valence-corrected chi connectivity index (χ1v) is 10.8. The van der Waals surface area contributed by atoms with Crippen LogP contribution in [0.2, 0.25) is 5.02 Å². The summed E-state index contributed by atoms with van der Waals surface area (Å²) in [5, 5.41) is 5.90. The molecule has 0 bridgehead atoms. The summed E-state index contributed by atoms with van der Waals surface area (Å²) in [5.41, 5.74) is 1.94. The summed E-state index contributed by atoms with van der Waals surface area (Å²) < 4.78 is 23.8. The third-order valence-electron chi connectivity index (χ3n) is 3.55. The van der Waals surface area contributed by atoms with Gasteiger partial charge in [-0.15, -0.1) is 0 Å². The summed E-state index contributed by atoms with van der Waals surface area (Å²) >= 11 is 7.24. The number of thiazole rings is 1. The molecule has 2 aromatic heterocycles. The second-order valence-electron chi connectivity index (χ2n) is 5.67. The molecule has 2 N–H and O–H groups in total. The quantitative estimate of drug-likeness (QED) is 0.655. The number of carbonyl (C=O) groups excluding carboxylic acids is 1. The van der Waals surface area contributed by atoms with Crippen LogP contribution in [0.1, 0.15) is 5.69 Å². The number of halogens is 1. The molecule has 0 saturated carbocycles. The summed E-state index contributed by atoms with van der Waals surface area (Å²) in [4.78, 5) is 21.1. The van der Waals surface area contributed by atoms with Crippen LogP contribution >= 0.6 is 22.9 Å². The Balaban J connectivity index is 1.84. The fraction of sp³-hybridized carbons (Fsp3) is 0.118. The molecule has 0 spiro atoms. The Morgan fingerprint density at radius 1 is 1.15 bits per heavy atom. The first-order chi connectivity index (χ1) is 12.7. The minimum atomic E-state index is -3.46. The SMILES string of the molecule is Cc1nc(NC(=O)Nc2ccncc2)sc1-c1ccc(Cl)c(S(C)(=O)=O)c1. The second kappa shape index (κ2) is 7.63. The smallest absolute Gasteiger partial charge is 0.308 e. The zero-order valence-corrected chi connectivity index (χ0v) is 16.7. The van der Waals surface area contributed by atoms with Gasteiger partial charge in [-0.2, -0.15) is 0 Å². The van der Waals surface area contributed by atoms with Gasteiger partial charge < -0.3 is 5.32 Å². The van der Waals surface area contributed by atoms with Gasteiger partial charge >= 0.3 is 6.03 Å². The number of carbonyl (C=O) groups is 1. The van der Waals surface area contributed by atoms with Gasteiger partial charge in [0.1, 0.15) is 0 Å². The van der Waals surface area contributed by atoms with Gasteiger partial charge in [0.15, 0.2) is 15.0 Å². The van der Waals surface area contributed by atoms with Crippen LogP contribution in [0.15, 0.2) is 47.6 Å². The van der Waals surface area contributed by atoms with E-state index in [9.17, 15) is 13.2 Å². The highest BCUT2D eigenvalue weighted by Gasteiger charge is 2.17. The van der Waals surface area contributed by atoms with Crippen molar-refractivity contribution in [2.24, 2.45) is 0 Å². The van der Waals surface area contributed by atoms with E-state index in [0.29, 0.717) is 22.1 Å². The average Bonchev–Trinajstić information content (AvgIpc) is 2.95. The van der Waals surface area contributed by atoms with Gasteiger partial charge in [0.05, 0.1) is 20.5 Å². The van der Waals surface area contributed by atoms with Crippen molar-refractivity contribution in [3.63, 3.8) is 0 Å². The number of nitrogens with one attached hydrogen (secondary N) is 2. The van der Waals surface area contributed by atoms with Crippen LogP contribution in [0, 0.1) is 6.92 Å². The van der Waals surface area contributed by atoms with Gasteiger partial charge in [0.25, 0.3) is 0 Å². The van der Waals surface area contributed by atoms with E-state index in [1.165, 1.54) is 23.5 Å². The number of nitrogens with zero attached hydrogens (tertiary/aromatic N) is 2. The lowest BCUT2D eigenvalue weighted by molar-refractivity contribution is 0.262. The minimum absolute atomic E-state index is 0.0550. The molecule has 7 nitrogen and oxygen atoms in total. The van der Waals surface area contributed by atoms with Gasteiger partial charge in [-0.3, -0.25) is 10.3 Å². The van der Waals surface area contributed by atoms with Crippen molar-refractivity contribution in [1.29, 1.82) is 0 Å². The molecule has 140 valence electrons. The average molecular weight is 423 g/mol. The summed E-state index contributed by atoms with van der Waals surface area (Å²) in [6, 6.07) is 7.67. The Morgan fingerprint density at radius 3 is 2.52 bits per heavy atom. The number of amides is 2. The Hall–Kier alpha value is -2.49. The lowest BCUT2D eigenvalue weighted by atomic mass is 10.2. The molecule has 27 heavy (non-hydrogen) atoms. The maximum Gasteiger partial charge on any atom is 0.325 e. The van der Waals surface area contributed by atoms with E-state index in [-0.39, 0.29) is 9.92 Å². The van der Waals surface area contributed by atoms with Crippen LogP contribution in [-0.4, -0.2) is 30.7 Å². The molecule has 0 unspecified atom stereocenters. The van der Waals surface area contributed by atoms with Crippen LogP contribution in [0.25, 0.3) is 10.4 Å². The van der Waals surface area contributed by atoms with Gasteiger partial charge in [0.2, 0.25) is 0 Å². The third-order valence-corrected chi connectivity index (χ3v) is 6.25. The number of aryl methyl sites for hydroxylation is 1. The summed E-state index contributed by atoms with van der Waals surface area (Å²) in [6.45, 7) is 1.78. The van der Waals surface area contributed by atoms with Gasteiger partial charge in [0, 0.05) is 24.3 Å². The summed E-state index contributed by atoms with van der Waals surface area (Å²) in [5.74, 6) is 0. The predicted octanol–water partition coefficient (Wildman–Crippen LogP) is 4.21. The molecule has 0 saturated heterocycles. The van der Waals surface area contributed by atoms with Crippen molar-refractivity contribution in [2.45, 2.75) is 11.8 Å². The van der Waals surface area contributed by atoms with E-state index in [4.69, 9.17) is 11.6 Å². The fourth-order valence-electron chi connectivity index (χ4n) is 2.34. The number of anilines is 2. The molecule has 0 radical (unpaired) electrons. The highest BCUT2D eigenvalue weighted by molar-refractivity contribution is 7.90. The number of urea groups is 1. The van der Waals surface area contributed by atoms with E-state index in [0.717, 1.165) is 11.1 Å². The Bertz CT molecular complexity index is 1100. The first-order valence-electron chi connectivity index (χ1n) is 7.69. The topological polar surface area (TPSA) is 101 Å². The van der Waals surface area contributed by atoms with Crippen LogP contribution in [-0.2, 0) is 9.84 Å². The van der Waals surface area contributed by atoms with Crippen molar-refractivity contribution in [2.75, 3.05) is 16.9 Å². The number of pyridine rings is 1. The number of sulfone groups is 1. The van der Waals surface area contributed by atoms with Gasteiger partial charge in [-0.25, -0.2) is 18.2 Å². The van der Waals surface area contributed by atoms with E-state index < -0.39 is 15.9 Å². The molecule has 3 aromatic rings. The standard InChI is InChI=1S/C17H15ClN4O3S2/c1-10-15(11-3-4-13(18)14(9-11)27(2,24)25)26-17(20-10)22-16(23)21-12-5-7-19-8-6-12/h3-9H,1-2H3,(H2,19,20,21,22,23). The van der Waals surface area contributed by atoms with Crippen molar-refractivity contribution in [3.8, 4) is 10.4 Å². The molecule has 2 amide bonds. The Kier molecular flexibility index (Phi) is 5.45. The van der Waals surface area contributed by atoms with E-state index in [1.807, 2.05) is 0 Å². The number of benzene rings is 1. The number of aromatic nitrogens is 2. The maximum absolute atomic E-state index is 12.1. The molecular weight excluding hydrogens is 408 g/mol. The van der Waals surface area contributed by atoms with Crippen molar-refractivity contribution in [3.05, 3.63) is 53.4 Å². The zero-order chi connectivity index (χ0) is 19.6. The number of hydrogen-bond donors (Lipinski definition) is 2. The lowest BCUT2D eigenvalue weighted by Crippen LogP contribution is -2.19. The highest BCUT2D eigenvalue weighted by atomic mass is 35.5. The summed E-state index contributed by atoms with van der Waals surface area (Å²) in [7, 11) is -3.46. The van der Waals surface area contributed by atoms with Crippen LogP contribution < -0.4 is 10.6 Å². The first kappa shape index (κ1) is 19.3. The van der Waals surface area contributed by atoms with Crippen molar-refractivity contribution >= 4 is 49.6 Å². The molecule has 0 atom stereocenters. The number of rotatable bonds is 4. The lowest BCUT2D eigenvalue weighted by Gasteiger charge is -2.05. The molecule has 2 heterocycles. The van der Waals surface area contributed by atoms with Crippen LogP contribution in [0.4, 0.5) is 15.6 Å². The van der Waals surface area contributed by atoms with Gasteiger partial charge in [-0.1, -0.05) is 29.0 Å². The van der Waals surface area contributed by atoms with Crippen molar-refractivity contribution < 1.29 is 13.2 Å². The minimum Gasteiger partial charge on any atom is -0.308 e. The van der Waals surface area contributed by atoms with Gasteiger partial charge in [-0.05, 0) is 36.8 Å². The largest absolute Gasteiger partial charge is 0.325 e. The molecule has 1 aromatic carbocycles. The second-order valence-corrected chi connectivity index (χ2v) is 9.06. The molecule has 0 aliphatic rings. The number of hydrogen-bond acceptors (Lipinski definition) is 6. The van der Waals surface area contributed by atoms with E-state index >= 15 is 0 Å². The van der Waals surface area contributed by atoms with E-state index in [2.05, 4.69) is 20.6 Å². The van der Waals surface area contributed by atoms with Crippen LogP contribution in [0.5, 0.6) is 0 Å². The molecule has 3 rings (SSSR count). The monoisotopic (exact) mass is 422 g/mol. The van der Waals surface area contributed by atoms with Crippen molar-refractivity contribution in [1.82, 2.24) is 9.97 Å². The fourth-order valence-corrected chi connectivity index (χ4v) is 4.60. The van der Waals surface area contributed by atoms with Crippen LogP contribution in [0.3, 0.4) is 0 Å². The predicted molar refractivity (Wildman–Crippen MR) is 107 cm³/mol. The van der Waals surface area contributed by atoms with E-state index in [1.54, 1.807) is 37.5 Å². The Morgan fingerprint density at radius 2 is 1.85 bits per heavy atom.